The highest BCUT2D eigenvalue weighted by Gasteiger charge is 2.20. The van der Waals surface area contributed by atoms with E-state index in [-0.39, 0.29) is 32.2 Å². The average Bonchev–Trinajstić information content (AvgIpc) is 3.02. The molecule has 0 saturated heterocycles. The normalized spacial score (nSPS) is 13.2. The third-order valence-electron chi connectivity index (χ3n) is 3.96. The molecule has 8 heteroatoms. The van der Waals surface area contributed by atoms with E-state index in [1.165, 1.54) is 4.31 Å². The Morgan fingerprint density at radius 3 is 2.72 bits per heavy atom. The molecule has 140 valence electrons. The molecule has 0 unspecified atom stereocenters. The Morgan fingerprint density at radius 2 is 2.00 bits per heavy atom. The van der Waals surface area contributed by atoms with Crippen LogP contribution in [0.15, 0.2) is 18.2 Å². The zero-order chi connectivity index (χ0) is 18.3. The topological polar surface area (TPSA) is 84.9 Å². The van der Waals surface area contributed by atoms with E-state index < -0.39 is 10.0 Å². The molecule has 0 saturated carbocycles. The summed E-state index contributed by atoms with van der Waals surface area (Å²) >= 11 is 0. The Labute approximate surface area is 149 Å². The first-order valence-electron chi connectivity index (χ1n) is 8.50. The minimum Gasteiger partial charge on any atom is -0.454 e. The number of hydrogen-bond acceptors (Lipinski definition) is 5. The quantitative estimate of drug-likeness (QED) is 0.636. The van der Waals surface area contributed by atoms with Crippen LogP contribution in [0.4, 0.5) is 0 Å². The van der Waals surface area contributed by atoms with Crippen molar-refractivity contribution in [2.45, 2.75) is 39.2 Å². The molecule has 0 aromatic heterocycles. The third-order valence-corrected chi connectivity index (χ3v) is 5.21. The van der Waals surface area contributed by atoms with Crippen molar-refractivity contribution >= 4 is 15.9 Å². The van der Waals surface area contributed by atoms with Gasteiger partial charge in [0.05, 0.1) is 6.26 Å². The largest absolute Gasteiger partial charge is 0.454 e. The van der Waals surface area contributed by atoms with Gasteiger partial charge in [-0.3, -0.25) is 4.79 Å². The second-order valence-electron chi connectivity index (χ2n) is 6.09. The summed E-state index contributed by atoms with van der Waals surface area (Å²) in [6.45, 7) is 3.24. The highest BCUT2D eigenvalue weighted by Crippen LogP contribution is 2.32. The number of fused-ring (bicyclic) bond motifs is 1. The van der Waals surface area contributed by atoms with Crippen LogP contribution in [0, 0.1) is 0 Å². The third kappa shape index (κ3) is 6.21. The highest BCUT2D eigenvalue weighted by molar-refractivity contribution is 7.88. The molecule has 0 spiro atoms. The van der Waals surface area contributed by atoms with E-state index in [1.807, 2.05) is 0 Å². The molecule has 0 fully saturated rings. The number of ether oxygens (including phenoxy) is 2. The first-order valence-corrected chi connectivity index (χ1v) is 10.4. The number of nitrogens with one attached hydrogen (secondary N) is 1. The first-order chi connectivity index (χ1) is 11.9. The van der Waals surface area contributed by atoms with E-state index in [0.717, 1.165) is 31.1 Å². The van der Waals surface area contributed by atoms with Crippen LogP contribution < -0.4 is 14.8 Å². The molecule has 1 heterocycles. The van der Waals surface area contributed by atoms with Gasteiger partial charge in [-0.25, -0.2) is 8.42 Å². The summed E-state index contributed by atoms with van der Waals surface area (Å²) in [4.78, 5) is 11.9. The molecule has 1 amide bonds. The molecule has 1 aromatic rings. The lowest BCUT2D eigenvalue weighted by Crippen LogP contribution is -2.34. The summed E-state index contributed by atoms with van der Waals surface area (Å²) in [5.74, 6) is 1.14. The number of carbonyl (C=O) groups excluding carboxylic acids is 1. The summed E-state index contributed by atoms with van der Waals surface area (Å²) < 4.78 is 35.9. The summed E-state index contributed by atoms with van der Waals surface area (Å²) in [6.07, 6.45) is 4.39. The summed E-state index contributed by atoms with van der Waals surface area (Å²) in [6, 6.07) is 5.33. The van der Waals surface area contributed by atoms with Crippen LogP contribution in [0.3, 0.4) is 0 Å². The lowest BCUT2D eigenvalue weighted by molar-refractivity contribution is -0.121. The molecular formula is C17H26N2O5S. The molecule has 1 aliphatic heterocycles. The van der Waals surface area contributed by atoms with E-state index in [2.05, 4.69) is 12.2 Å². The minimum atomic E-state index is -3.42. The number of nitrogens with zero attached hydrogens (tertiary/aromatic N) is 1. The molecule has 1 aromatic carbocycles. The monoisotopic (exact) mass is 370 g/mol. The van der Waals surface area contributed by atoms with Gasteiger partial charge in [-0.2, -0.15) is 4.31 Å². The SMILES string of the molecule is CCCCCNC(=O)CCN(Cc1ccc2c(c1)OCO2)S(C)(=O)=O. The van der Waals surface area contributed by atoms with Gasteiger partial charge in [0.15, 0.2) is 11.5 Å². The zero-order valence-electron chi connectivity index (χ0n) is 14.8. The van der Waals surface area contributed by atoms with E-state index in [4.69, 9.17) is 9.47 Å². The lowest BCUT2D eigenvalue weighted by atomic mass is 10.2. The second kappa shape index (κ2) is 9.05. The van der Waals surface area contributed by atoms with Crippen molar-refractivity contribution in [2.75, 3.05) is 26.1 Å². The van der Waals surface area contributed by atoms with Crippen LogP contribution in [0.5, 0.6) is 11.5 Å². The molecule has 0 aliphatic carbocycles. The first kappa shape index (κ1) is 19.5. The minimum absolute atomic E-state index is 0.129. The van der Waals surface area contributed by atoms with E-state index in [9.17, 15) is 13.2 Å². The number of benzene rings is 1. The maximum atomic E-state index is 12.0. The lowest BCUT2D eigenvalue weighted by Gasteiger charge is -2.20. The number of rotatable bonds is 10. The van der Waals surface area contributed by atoms with Crippen LogP contribution in [-0.4, -0.2) is 44.8 Å². The molecule has 1 aliphatic rings. The van der Waals surface area contributed by atoms with Gasteiger partial charge in [-0.05, 0) is 24.1 Å². The molecule has 25 heavy (non-hydrogen) atoms. The smallest absolute Gasteiger partial charge is 0.231 e. The Morgan fingerprint density at radius 1 is 1.24 bits per heavy atom. The number of amides is 1. The molecular weight excluding hydrogens is 344 g/mol. The van der Waals surface area contributed by atoms with Gasteiger partial charge in [0, 0.05) is 26.1 Å². The van der Waals surface area contributed by atoms with Gasteiger partial charge in [0.2, 0.25) is 22.7 Å². The second-order valence-corrected chi connectivity index (χ2v) is 8.07. The molecule has 7 nitrogen and oxygen atoms in total. The van der Waals surface area contributed by atoms with Gasteiger partial charge in [0.1, 0.15) is 0 Å². The molecule has 0 bridgehead atoms. The number of sulfonamides is 1. The Kier molecular flexibility index (Phi) is 7.07. The van der Waals surface area contributed by atoms with Gasteiger partial charge in [0.25, 0.3) is 0 Å². The Balaban J connectivity index is 1.90. The van der Waals surface area contributed by atoms with Gasteiger partial charge >= 0.3 is 0 Å². The zero-order valence-corrected chi connectivity index (χ0v) is 15.6. The fourth-order valence-electron chi connectivity index (χ4n) is 2.52. The summed E-state index contributed by atoms with van der Waals surface area (Å²) in [7, 11) is -3.42. The van der Waals surface area contributed by atoms with Crippen LogP contribution in [0.25, 0.3) is 0 Å². The van der Waals surface area contributed by atoms with E-state index in [1.54, 1.807) is 18.2 Å². The van der Waals surface area contributed by atoms with Gasteiger partial charge in [-0.15, -0.1) is 0 Å². The summed E-state index contributed by atoms with van der Waals surface area (Å²) in [5, 5.41) is 2.83. The van der Waals surface area contributed by atoms with Crippen LogP contribution in [-0.2, 0) is 21.4 Å². The molecule has 0 atom stereocenters. The van der Waals surface area contributed by atoms with Gasteiger partial charge < -0.3 is 14.8 Å². The van der Waals surface area contributed by atoms with Crippen molar-refractivity contribution in [3.05, 3.63) is 23.8 Å². The number of unbranched alkanes of at least 4 members (excludes halogenated alkanes) is 2. The van der Waals surface area contributed by atoms with Gasteiger partial charge in [-0.1, -0.05) is 25.8 Å². The predicted molar refractivity (Wildman–Crippen MR) is 95.0 cm³/mol. The van der Waals surface area contributed by atoms with Crippen molar-refractivity contribution < 1.29 is 22.7 Å². The highest BCUT2D eigenvalue weighted by atomic mass is 32.2. The van der Waals surface area contributed by atoms with Crippen molar-refractivity contribution in [2.24, 2.45) is 0 Å². The van der Waals surface area contributed by atoms with Crippen molar-refractivity contribution in [3.63, 3.8) is 0 Å². The average molecular weight is 370 g/mol. The maximum Gasteiger partial charge on any atom is 0.231 e. The number of carbonyl (C=O) groups is 1. The van der Waals surface area contributed by atoms with Crippen molar-refractivity contribution in [3.8, 4) is 11.5 Å². The fraction of sp³-hybridized carbons (Fsp3) is 0.588. The molecule has 2 rings (SSSR count). The van der Waals surface area contributed by atoms with Crippen LogP contribution in [0.1, 0.15) is 38.2 Å². The number of hydrogen-bond donors (Lipinski definition) is 1. The van der Waals surface area contributed by atoms with Crippen molar-refractivity contribution in [1.82, 2.24) is 9.62 Å². The Hall–Kier alpha value is -1.80. The molecule has 0 radical (unpaired) electrons. The standard InChI is InChI=1S/C17H26N2O5S/c1-3-4-5-9-18-17(20)8-10-19(25(2,21)22)12-14-6-7-15-16(11-14)24-13-23-15/h6-7,11H,3-5,8-10,12-13H2,1-2H3,(H,18,20). The van der Waals surface area contributed by atoms with E-state index >= 15 is 0 Å². The van der Waals surface area contributed by atoms with Crippen LogP contribution >= 0.6 is 0 Å². The fourth-order valence-corrected chi connectivity index (χ4v) is 3.33. The van der Waals surface area contributed by atoms with Crippen LogP contribution in [0.2, 0.25) is 0 Å². The maximum absolute atomic E-state index is 12.0. The Bertz CT molecular complexity index is 690. The predicted octanol–water partition coefficient (Wildman–Crippen LogP) is 1.87. The molecule has 1 N–H and O–H groups in total. The van der Waals surface area contributed by atoms with Crippen molar-refractivity contribution in [1.29, 1.82) is 0 Å². The summed E-state index contributed by atoms with van der Waals surface area (Å²) in [5.41, 5.74) is 0.790. The van der Waals surface area contributed by atoms with E-state index in [0.29, 0.717) is 18.0 Å².